The third-order valence-corrected chi connectivity index (χ3v) is 3.50. The molecular formula is C13H20BrNO2. The van der Waals surface area contributed by atoms with Crippen molar-refractivity contribution in [2.75, 3.05) is 20.8 Å². The summed E-state index contributed by atoms with van der Waals surface area (Å²) in [6.07, 6.45) is 1.02. The summed E-state index contributed by atoms with van der Waals surface area (Å²) in [7, 11) is 3.34. The van der Waals surface area contributed by atoms with Crippen LogP contribution in [-0.2, 0) is 0 Å². The van der Waals surface area contributed by atoms with Crippen LogP contribution in [0.5, 0.6) is 11.5 Å². The van der Waals surface area contributed by atoms with Gasteiger partial charge in [0, 0.05) is 11.6 Å². The van der Waals surface area contributed by atoms with Crippen molar-refractivity contribution < 1.29 is 9.47 Å². The maximum Gasteiger partial charge on any atom is 0.141 e. The Labute approximate surface area is 112 Å². The van der Waals surface area contributed by atoms with Crippen LogP contribution < -0.4 is 14.8 Å². The maximum absolute atomic E-state index is 5.48. The summed E-state index contributed by atoms with van der Waals surface area (Å²) >= 11 is 3.52. The first-order valence-corrected chi connectivity index (χ1v) is 6.62. The molecule has 1 rings (SSSR count). The van der Waals surface area contributed by atoms with Gasteiger partial charge < -0.3 is 14.8 Å². The summed E-state index contributed by atoms with van der Waals surface area (Å²) in [4.78, 5) is 0. The number of benzene rings is 1. The highest BCUT2D eigenvalue weighted by Gasteiger charge is 2.18. The highest BCUT2D eigenvalue weighted by Crippen LogP contribution is 2.40. The van der Waals surface area contributed by atoms with Crippen LogP contribution >= 0.6 is 15.9 Å². The van der Waals surface area contributed by atoms with E-state index in [0.717, 1.165) is 34.5 Å². The standard InChI is InChI=1S/C13H20BrNO2/c1-5-10(15-6-2)9-7-8-11(16-3)12(14)13(9)17-4/h7-8,10,15H,5-6H2,1-4H3. The molecule has 1 atom stereocenters. The van der Waals surface area contributed by atoms with E-state index in [1.165, 1.54) is 0 Å². The molecule has 1 aromatic carbocycles. The molecule has 0 amide bonds. The molecule has 0 aliphatic rings. The molecule has 0 spiro atoms. The van der Waals surface area contributed by atoms with Crippen LogP contribution in [0.1, 0.15) is 31.9 Å². The Hall–Kier alpha value is -0.740. The van der Waals surface area contributed by atoms with Gasteiger partial charge in [-0.3, -0.25) is 0 Å². The van der Waals surface area contributed by atoms with Gasteiger partial charge in [-0.25, -0.2) is 0 Å². The number of nitrogens with one attached hydrogen (secondary N) is 1. The highest BCUT2D eigenvalue weighted by molar-refractivity contribution is 9.10. The van der Waals surface area contributed by atoms with Gasteiger partial charge in [-0.1, -0.05) is 13.8 Å². The molecule has 1 aromatic rings. The van der Waals surface area contributed by atoms with Crippen LogP contribution in [0.3, 0.4) is 0 Å². The van der Waals surface area contributed by atoms with Gasteiger partial charge in [-0.05, 0) is 41.0 Å². The van der Waals surface area contributed by atoms with Gasteiger partial charge in [0.15, 0.2) is 0 Å². The summed E-state index contributed by atoms with van der Waals surface area (Å²) in [5.74, 6) is 1.63. The molecule has 3 nitrogen and oxygen atoms in total. The molecule has 0 fully saturated rings. The largest absolute Gasteiger partial charge is 0.495 e. The van der Waals surface area contributed by atoms with Crippen LogP contribution in [0.25, 0.3) is 0 Å². The zero-order chi connectivity index (χ0) is 12.8. The molecule has 0 saturated carbocycles. The van der Waals surface area contributed by atoms with Gasteiger partial charge >= 0.3 is 0 Å². The molecule has 1 N–H and O–H groups in total. The molecule has 4 heteroatoms. The summed E-state index contributed by atoms with van der Waals surface area (Å²) in [6, 6.07) is 4.32. The van der Waals surface area contributed by atoms with Crippen molar-refractivity contribution in [3.05, 3.63) is 22.2 Å². The van der Waals surface area contributed by atoms with Gasteiger partial charge in [-0.2, -0.15) is 0 Å². The van der Waals surface area contributed by atoms with Gasteiger partial charge in [0.2, 0.25) is 0 Å². The Bertz CT molecular complexity index is 369. The van der Waals surface area contributed by atoms with Crippen LogP contribution in [0.15, 0.2) is 16.6 Å². The molecule has 17 heavy (non-hydrogen) atoms. The fourth-order valence-corrected chi connectivity index (χ4v) is 2.60. The Morgan fingerprint density at radius 3 is 2.41 bits per heavy atom. The number of methoxy groups -OCH3 is 2. The molecular weight excluding hydrogens is 282 g/mol. The zero-order valence-electron chi connectivity index (χ0n) is 10.8. The summed E-state index contributed by atoms with van der Waals surface area (Å²) in [6.45, 7) is 5.20. The first-order chi connectivity index (χ1) is 8.19. The van der Waals surface area contributed by atoms with Gasteiger partial charge in [0.05, 0.1) is 14.2 Å². The molecule has 0 aromatic heterocycles. The second-order valence-corrected chi connectivity index (χ2v) is 4.52. The maximum atomic E-state index is 5.48. The second-order valence-electron chi connectivity index (χ2n) is 3.72. The smallest absolute Gasteiger partial charge is 0.141 e. The molecule has 0 heterocycles. The van der Waals surface area contributed by atoms with Crippen molar-refractivity contribution in [3.8, 4) is 11.5 Å². The van der Waals surface area contributed by atoms with Crippen molar-refractivity contribution in [2.24, 2.45) is 0 Å². The topological polar surface area (TPSA) is 30.5 Å². The average Bonchev–Trinajstić information content (AvgIpc) is 2.35. The number of hydrogen-bond donors (Lipinski definition) is 1. The SMILES string of the molecule is CCNC(CC)c1ccc(OC)c(Br)c1OC. The fourth-order valence-electron chi connectivity index (χ4n) is 1.91. The number of rotatable bonds is 6. The lowest BCUT2D eigenvalue weighted by Crippen LogP contribution is -2.20. The summed E-state index contributed by atoms with van der Waals surface area (Å²) in [5, 5.41) is 3.45. The lowest BCUT2D eigenvalue weighted by atomic mass is 10.0. The zero-order valence-corrected chi connectivity index (χ0v) is 12.4. The minimum Gasteiger partial charge on any atom is -0.495 e. The minimum atomic E-state index is 0.303. The van der Waals surface area contributed by atoms with E-state index >= 15 is 0 Å². The van der Waals surface area contributed by atoms with Gasteiger partial charge in [0.1, 0.15) is 16.0 Å². The number of halogens is 1. The highest BCUT2D eigenvalue weighted by atomic mass is 79.9. The monoisotopic (exact) mass is 301 g/mol. The average molecular weight is 302 g/mol. The number of ether oxygens (including phenoxy) is 2. The first kappa shape index (κ1) is 14.3. The minimum absolute atomic E-state index is 0.303. The van der Waals surface area contributed by atoms with Crippen LogP contribution in [-0.4, -0.2) is 20.8 Å². The molecule has 0 aliphatic carbocycles. The van der Waals surface area contributed by atoms with Crippen molar-refractivity contribution in [1.29, 1.82) is 0 Å². The lowest BCUT2D eigenvalue weighted by Gasteiger charge is -2.21. The van der Waals surface area contributed by atoms with E-state index < -0.39 is 0 Å². The Kier molecular flexibility index (Phi) is 5.78. The third kappa shape index (κ3) is 3.13. The molecule has 0 saturated heterocycles. The Morgan fingerprint density at radius 2 is 1.94 bits per heavy atom. The first-order valence-electron chi connectivity index (χ1n) is 5.83. The van der Waals surface area contributed by atoms with E-state index in [-0.39, 0.29) is 0 Å². The van der Waals surface area contributed by atoms with Gasteiger partial charge in [-0.15, -0.1) is 0 Å². The molecule has 0 radical (unpaired) electrons. The van der Waals surface area contributed by atoms with Crippen molar-refractivity contribution in [1.82, 2.24) is 5.32 Å². The van der Waals surface area contributed by atoms with E-state index in [2.05, 4.69) is 41.2 Å². The van der Waals surface area contributed by atoms with Crippen molar-refractivity contribution >= 4 is 15.9 Å². The van der Waals surface area contributed by atoms with Crippen LogP contribution in [0, 0.1) is 0 Å². The quantitative estimate of drug-likeness (QED) is 0.872. The van der Waals surface area contributed by atoms with Crippen LogP contribution in [0.2, 0.25) is 0 Å². The molecule has 96 valence electrons. The fraction of sp³-hybridized carbons (Fsp3) is 0.538. The summed E-state index contributed by atoms with van der Waals surface area (Å²) < 4.78 is 11.6. The van der Waals surface area contributed by atoms with E-state index in [1.807, 2.05) is 6.07 Å². The van der Waals surface area contributed by atoms with Crippen molar-refractivity contribution in [2.45, 2.75) is 26.3 Å². The van der Waals surface area contributed by atoms with E-state index in [0.29, 0.717) is 6.04 Å². The second kappa shape index (κ2) is 6.87. The van der Waals surface area contributed by atoms with E-state index in [4.69, 9.17) is 9.47 Å². The Balaban J connectivity index is 3.18. The molecule has 0 aliphatic heterocycles. The Morgan fingerprint density at radius 1 is 1.24 bits per heavy atom. The van der Waals surface area contributed by atoms with Gasteiger partial charge in [0.25, 0.3) is 0 Å². The molecule has 1 unspecified atom stereocenters. The van der Waals surface area contributed by atoms with E-state index in [1.54, 1.807) is 14.2 Å². The predicted octanol–water partition coefficient (Wildman–Crippen LogP) is 3.53. The van der Waals surface area contributed by atoms with E-state index in [9.17, 15) is 0 Å². The van der Waals surface area contributed by atoms with Crippen molar-refractivity contribution in [3.63, 3.8) is 0 Å². The summed E-state index contributed by atoms with van der Waals surface area (Å²) in [5.41, 5.74) is 1.16. The lowest BCUT2D eigenvalue weighted by molar-refractivity contribution is 0.379. The molecule has 0 bridgehead atoms. The van der Waals surface area contributed by atoms with Crippen LogP contribution in [0.4, 0.5) is 0 Å². The normalized spacial score (nSPS) is 12.3. The number of hydrogen-bond acceptors (Lipinski definition) is 3. The predicted molar refractivity (Wildman–Crippen MR) is 74.0 cm³/mol. The third-order valence-electron chi connectivity index (χ3n) is 2.75.